The van der Waals surface area contributed by atoms with E-state index in [9.17, 15) is 9.18 Å². The molecule has 1 heterocycles. The van der Waals surface area contributed by atoms with E-state index in [2.05, 4.69) is 33.1 Å². The summed E-state index contributed by atoms with van der Waals surface area (Å²) in [4.78, 5) is 14.4. The van der Waals surface area contributed by atoms with Crippen molar-refractivity contribution in [2.45, 2.75) is 38.6 Å². The first-order chi connectivity index (χ1) is 10.1. The van der Waals surface area contributed by atoms with Crippen molar-refractivity contribution >= 4 is 21.8 Å². The molecule has 116 valence electrons. The second kappa shape index (κ2) is 7.90. The van der Waals surface area contributed by atoms with Crippen molar-refractivity contribution in [1.29, 1.82) is 0 Å². The van der Waals surface area contributed by atoms with Gasteiger partial charge in [-0.05, 0) is 50.9 Å². The Hall–Kier alpha value is -0.940. The lowest BCUT2D eigenvalue weighted by atomic mass is 10.0. The van der Waals surface area contributed by atoms with E-state index in [-0.39, 0.29) is 11.5 Å². The lowest BCUT2D eigenvalue weighted by Gasteiger charge is -2.33. The molecule has 0 unspecified atom stereocenters. The third-order valence-electron chi connectivity index (χ3n) is 4.02. The van der Waals surface area contributed by atoms with Crippen LogP contribution in [0.2, 0.25) is 0 Å². The Morgan fingerprint density at radius 3 is 3.05 bits per heavy atom. The predicted molar refractivity (Wildman–Crippen MR) is 85.9 cm³/mol. The first kappa shape index (κ1) is 16.4. The lowest BCUT2D eigenvalue weighted by Crippen LogP contribution is -2.39. The van der Waals surface area contributed by atoms with Gasteiger partial charge in [-0.15, -0.1) is 0 Å². The molecule has 0 saturated carbocycles. The average Bonchev–Trinajstić information content (AvgIpc) is 2.47. The third kappa shape index (κ3) is 4.78. The molecule has 1 aliphatic heterocycles. The number of carbonyl (C=O) groups excluding carboxylic acids is 1. The number of likely N-dealkylation sites (tertiary alicyclic amines) is 1. The van der Waals surface area contributed by atoms with Gasteiger partial charge in [0, 0.05) is 23.6 Å². The van der Waals surface area contributed by atoms with Gasteiger partial charge >= 0.3 is 0 Å². The molecule has 0 spiro atoms. The van der Waals surface area contributed by atoms with Crippen molar-refractivity contribution in [2.75, 3.05) is 19.6 Å². The maximum Gasteiger partial charge on any atom is 0.254 e. The number of rotatable bonds is 5. The summed E-state index contributed by atoms with van der Waals surface area (Å²) in [7, 11) is 0. The maximum absolute atomic E-state index is 13.6. The maximum atomic E-state index is 13.6. The molecule has 1 aromatic carbocycles. The summed E-state index contributed by atoms with van der Waals surface area (Å²) in [6.07, 6.45) is 4.73. The van der Waals surface area contributed by atoms with Gasteiger partial charge in [0.15, 0.2) is 0 Å². The number of halogens is 2. The molecule has 1 atom stereocenters. The number of piperidine rings is 1. The van der Waals surface area contributed by atoms with Crippen molar-refractivity contribution in [1.82, 2.24) is 10.2 Å². The van der Waals surface area contributed by atoms with E-state index in [1.165, 1.54) is 31.4 Å². The minimum atomic E-state index is -0.486. The molecule has 1 aliphatic rings. The molecule has 21 heavy (non-hydrogen) atoms. The predicted octanol–water partition coefficient (Wildman–Crippen LogP) is 3.58. The Labute approximate surface area is 134 Å². The third-order valence-corrected chi connectivity index (χ3v) is 4.51. The van der Waals surface area contributed by atoms with Crippen LogP contribution in [0.1, 0.15) is 43.0 Å². The fourth-order valence-electron chi connectivity index (χ4n) is 2.74. The summed E-state index contributed by atoms with van der Waals surface area (Å²) in [5.74, 6) is -0.833. The van der Waals surface area contributed by atoms with Crippen LogP contribution < -0.4 is 5.32 Å². The van der Waals surface area contributed by atoms with Crippen LogP contribution in [-0.4, -0.2) is 36.5 Å². The van der Waals surface area contributed by atoms with Crippen molar-refractivity contribution < 1.29 is 9.18 Å². The molecule has 1 saturated heterocycles. The van der Waals surface area contributed by atoms with Gasteiger partial charge in [-0.25, -0.2) is 4.39 Å². The van der Waals surface area contributed by atoms with E-state index in [4.69, 9.17) is 0 Å². The highest BCUT2D eigenvalue weighted by Crippen LogP contribution is 2.17. The summed E-state index contributed by atoms with van der Waals surface area (Å²) < 4.78 is 14.3. The van der Waals surface area contributed by atoms with Crippen molar-refractivity contribution in [3.63, 3.8) is 0 Å². The topological polar surface area (TPSA) is 32.3 Å². The van der Waals surface area contributed by atoms with E-state index >= 15 is 0 Å². The van der Waals surface area contributed by atoms with Crippen LogP contribution in [0, 0.1) is 5.82 Å². The Morgan fingerprint density at radius 1 is 1.48 bits per heavy atom. The summed E-state index contributed by atoms with van der Waals surface area (Å²) in [6, 6.07) is 5.03. The van der Waals surface area contributed by atoms with Gasteiger partial charge in [0.2, 0.25) is 0 Å². The van der Waals surface area contributed by atoms with E-state index in [0.717, 1.165) is 19.5 Å². The van der Waals surface area contributed by atoms with Crippen molar-refractivity contribution in [2.24, 2.45) is 0 Å². The first-order valence-corrected chi connectivity index (χ1v) is 8.34. The molecule has 0 aromatic heterocycles. The molecule has 0 radical (unpaired) electrons. The molecular formula is C16H22BrFN2O. The van der Waals surface area contributed by atoms with Crippen LogP contribution in [0.4, 0.5) is 4.39 Å². The number of benzene rings is 1. The van der Waals surface area contributed by atoms with Gasteiger partial charge in [0.25, 0.3) is 5.91 Å². The van der Waals surface area contributed by atoms with E-state index < -0.39 is 5.82 Å². The van der Waals surface area contributed by atoms with E-state index in [0.29, 0.717) is 17.1 Å². The van der Waals surface area contributed by atoms with Gasteiger partial charge in [0.1, 0.15) is 5.82 Å². The average molecular weight is 357 g/mol. The molecule has 1 N–H and O–H groups in total. The largest absolute Gasteiger partial charge is 0.352 e. The second-order valence-electron chi connectivity index (χ2n) is 5.61. The van der Waals surface area contributed by atoms with Gasteiger partial charge in [0.05, 0.1) is 5.56 Å². The standard InChI is InChI=1S/C16H22BrFN2O/c1-12-5-2-3-9-20(12)10-4-8-19-16(21)14-11-13(17)6-7-15(14)18/h6-7,11-12H,2-5,8-10H2,1H3,(H,19,21)/t12-/m0/s1. The molecule has 5 heteroatoms. The minimum Gasteiger partial charge on any atom is -0.352 e. The van der Waals surface area contributed by atoms with Crippen molar-refractivity contribution in [3.8, 4) is 0 Å². The lowest BCUT2D eigenvalue weighted by molar-refractivity contribution is 0.0945. The molecular weight excluding hydrogens is 335 g/mol. The summed E-state index contributed by atoms with van der Waals surface area (Å²) in [6.45, 7) is 4.97. The van der Waals surface area contributed by atoms with Gasteiger partial charge in [-0.1, -0.05) is 22.4 Å². The molecule has 3 nitrogen and oxygen atoms in total. The summed E-state index contributed by atoms with van der Waals surface area (Å²) in [5.41, 5.74) is 0.0933. The van der Waals surface area contributed by atoms with Gasteiger partial charge in [-0.3, -0.25) is 4.79 Å². The molecule has 1 aromatic rings. The smallest absolute Gasteiger partial charge is 0.254 e. The number of hydrogen-bond donors (Lipinski definition) is 1. The zero-order valence-electron chi connectivity index (χ0n) is 12.4. The van der Waals surface area contributed by atoms with E-state index in [1.807, 2.05) is 0 Å². The normalized spacial score (nSPS) is 19.5. The van der Waals surface area contributed by atoms with Crippen LogP contribution >= 0.6 is 15.9 Å². The van der Waals surface area contributed by atoms with Crippen LogP contribution in [0.25, 0.3) is 0 Å². The van der Waals surface area contributed by atoms with Crippen LogP contribution in [0.5, 0.6) is 0 Å². The number of nitrogens with zero attached hydrogens (tertiary/aromatic N) is 1. The fourth-order valence-corrected chi connectivity index (χ4v) is 3.10. The Morgan fingerprint density at radius 2 is 2.29 bits per heavy atom. The van der Waals surface area contributed by atoms with Crippen LogP contribution in [0.3, 0.4) is 0 Å². The van der Waals surface area contributed by atoms with Gasteiger partial charge < -0.3 is 10.2 Å². The highest BCUT2D eigenvalue weighted by Gasteiger charge is 2.17. The Balaban J connectivity index is 1.75. The quantitative estimate of drug-likeness (QED) is 0.817. The highest BCUT2D eigenvalue weighted by atomic mass is 79.9. The molecule has 0 bridgehead atoms. The van der Waals surface area contributed by atoms with E-state index in [1.54, 1.807) is 6.07 Å². The summed E-state index contributed by atoms with van der Waals surface area (Å²) in [5, 5.41) is 2.79. The fraction of sp³-hybridized carbons (Fsp3) is 0.562. The van der Waals surface area contributed by atoms with Crippen LogP contribution in [0.15, 0.2) is 22.7 Å². The number of hydrogen-bond acceptors (Lipinski definition) is 2. The molecule has 1 fully saturated rings. The molecule has 2 rings (SSSR count). The zero-order valence-corrected chi connectivity index (χ0v) is 14.0. The zero-order chi connectivity index (χ0) is 15.2. The molecule has 0 aliphatic carbocycles. The molecule has 1 amide bonds. The van der Waals surface area contributed by atoms with Gasteiger partial charge in [-0.2, -0.15) is 0 Å². The summed E-state index contributed by atoms with van der Waals surface area (Å²) >= 11 is 3.25. The SMILES string of the molecule is C[C@H]1CCCCN1CCCNC(=O)c1cc(Br)ccc1F. The Bertz CT molecular complexity index is 495. The minimum absolute atomic E-state index is 0.0933. The second-order valence-corrected chi connectivity index (χ2v) is 6.53. The number of nitrogens with one attached hydrogen (secondary N) is 1. The number of carbonyl (C=O) groups is 1. The first-order valence-electron chi connectivity index (χ1n) is 7.55. The highest BCUT2D eigenvalue weighted by molar-refractivity contribution is 9.10. The number of amides is 1. The van der Waals surface area contributed by atoms with Crippen molar-refractivity contribution in [3.05, 3.63) is 34.1 Å². The monoisotopic (exact) mass is 356 g/mol. The van der Waals surface area contributed by atoms with Crippen LogP contribution in [-0.2, 0) is 0 Å². The Kier molecular flexibility index (Phi) is 6.18.